The van der Waals surface area contributed by atoms with E-state index in [-0.39, 0.29) is 11.4 Å². The molecule has 0 N–H and O–H groups in total. The maximum atomic E-state index is 11.0. The molecule has 0 heterocycles. The quantitative estimate of drug-likeness (QED) is 0.613. The van der Waals surface area contributed by atoms with Crippen molar-refractivity contribution in [3.8, 4) is 0 Å². The lowest BCUT2D eigenvalue weighted by Gasteiger charge is -2.28. The number of carbonyl (C=O) groups is 1. The topological polar surface area (TPSA) is 26.3 Å². The highest BCUT2D eigenvalue weighted by Crippen LogP contribution is 2.35. The molecule has 0 spiro atoms. The van der Waals surface area contributed by atoms with Gasteiger partial charge in [-0.15, -0.1) is 0 Å². The summed E-state index contributed by atoms with van der Waals surface area (Å²) in [6, 6.07) is 0. The van der Waals surface area contributed by atoms with E-state index in [1.165, 1.54) is 6.42 Å². The number of rotatable bonds is 2. The fraction of sp³-hybridized carbons (Fsp3) is 0.727. The smallest absolute Gasteiger partial charge is 0.310 e. The van der Waals surface area contributed by atoms with E-state index in [1.807, 2.05) is 13.0 Å². The van der Waals surface area contributed by atoms with E-state index in [2.05, 4.69) is 13.8 Å². The van der Waals surface area contributed by atoms with E-state index < -0.39 is 0 Å². The van der Waals surface area contributed by atoms with Crippen LogP contribution in [0.1, 0.15) is 46.5 Å². The van der Waals surface area contributed by atoms with Crippen molar-refractivity contribution in [2.45, 2.75) is 46.5 Å². The van der Waals surface area contributed by atoms with Gasteiger partial charge in [0.2, 0.25) is 0 Å². The first-order chi connectivity index (χ1) is 6.03. The van der Waals surface area contributed by atoms with E-state index in [0.717, 1.165) is 18.6 Å². The number of esters is 1. The summed E-state index contributed by atoms with van der Waals surface area (Å²) in [6.45, 7) is 6.23. The van der Waals surface area contributed by atoms with Gasteiger partial charge in [0.1, 0.15) is 5.76 Å². The molecule has 0 saturated heterocycles. The van der Waals surface area contributed by atoms with Gasteiger partial charge < -0.3 is 4.74 Å². The van der Waals surface area contributed by atoms with E-state index in [4.69, 9.17) is 4.74 Å². The molecule has 0 fully saturated rings. The third kappa shape index (κ3) is 3.21. The zero-order valence-electron chi connectivity index (χ0n) is 8.72. The SMILES string of the molecule is CCC(=O)OC1=CCCC(C)(C)C1. The van der Waals surface area contributed by atoms with Crippen molar-refractivity contribution in [3.05, 3.63) is 11.8 Å². The molecule has 0 unspecified atom stereocenters. The van der Waals surface area contributed by atoms with Gasteiger partial charge in [0.05, 0.1) is 0 Å². The molecular weight excluding hydrogens is 164 g/mol. The van der Waals surface area contributed by atoms with Crippen LogP contribution in [-0.4, -0.2) is 5.97 Å². The van der Waals surface area contributed by atoms with Gasteiger partial charge in [-0.3, -0.25) is 4.79 Å². The second kappa shape index (κ2) is 3.95. The van der Waals surface area contributed by atoms with Crippen molar-refractivity contribution in [1.29, 1.82) is 0 Å². The number of ether oxygens (including phenoxy) is 1. The molecule has 2 heteroatoms. The van der Waals surface area contributed by atoms with Crippen LogP contribution in [-0.2, 0) is 9.53 Å². The average Bonchev–Trinajstić information content (AvgIpc) is 2.02. The summed E-state index contributed by atoms with van der Waals surface area (Å²) in [7, 11) is 0. The van der Waals surface area contributed by atoms with Gasteiger partial charge >= 0.3 is 5.97 Å². The van der Waals surface area contributed by atoms with Gasteiger partial charge in [-0.2, -0.15) is 0 Å². The van der Waals surface area contributed by atoms with Crippen molar-refractivity contribution < 1.29 is 9.53 Å². The summed E-state index contributed by atoms with van der Waals surface area (Å²) in [6.07, 6.45) is 5.59. The highest BCUT2D eigenvalue weighted by atomic mass is 16.5. The lowest BCUT2D eigenvalue weighted by atomic mass is 9.80. The Labute approximate surface area is 80.0 Å². The molecular formula is C11H18O2. The molecule has 0 aromatic heterocycles. The Kier molecular flexibility index (Phi) is 3.12. The highest BCUT2D eigenvalue weighted by Gasteiger charge is 2.24. The highest BCUT2D eigenvalue weighted by molar-refractivity contribution is 5.70. The van der Waals surface area contributed by atoms with Gasteiger partial charge in [0, 0.05) is 12.8 Å². The molecule has 13 heavy (non-hydrogen) atoms. The molecule has 2 nitrogen and oxygen atoms in total. The molecule has 0 aromatic carbocycles. The first-order valence-corrected chi connectivity index (χ1v) is 4.93. The maximum absolute atomic E-state index is 11.0. The van der Waals surface area contributed by atoms with Crippen molar-refractivity contribution in [3.63, 3.8) is 0 Å². The Balaban J connectivity index is 2.52. The molecule has 0 atom stereocenters. The first-order valence-electron chi connectivity index (χ1n) is 4.93. The third-order valence-electron chi connectivity index (χ3n) is 2.38. The zero-order chi connectivity index (χ0) is 9.90. The Hall–Kier alpha value is -0.790. The summed E-state index contributed by atoms with van der Waals surface area (Å²) in [4.78, 5) is 11.0. The fourth-order valence-corrected chi connectivity index (χ4v) is 1.55. The van der Waals surface area contributed by atoms with E-state index in [1.54, 1.807) is 0 Å². The van der Waals surface area contributed by atoms with Crippen LogP contribution in [0.4, 0.5) is 0 Å². The van der Waals surface area contributed by atoms with Crippen LogP contribution < -0.4 is 0 Å². The van der Waals surface area contributed by atoms with Crippen LogP contribution in [0.25, 0.3) is 0 Å². The van der Waals surface area contributed by atoms with Crippen LogP contribution in [0.5, 0.6) is 0 Å². The van der Waals surface area contributed by atoms with Gasteiger partial charge in [0.15, 0.2) is 0 Å². The van der Waals surface area contributed by atoms with Crippen LogP contribution >= 0.6 is 0 Å². The van der Waals surface area contributed by atoms with Crippen molar-refractivity contribution >= 4 is 5.97 Å². The summed E-state index contributed by atoms with van der Waals surface area (Å²) >= 11 is 0. The Morgan fingerprint density at radius 3 is 2.85 bits per heavy atom. The molecule has 1 aliphatic rings. The average molecular weight is 182 g/mol. The van der Waals surface area contributed by atoms with Crippen LogP contribution in [0.3, 0.4) is 0 Å². The molecule has 0 radical (unpaired) electrons. The number of allylic oxidation sites excluding steroid dienone is 2. The second-order valence-corrected chi connectivity index (χ2v) is 4.38. The predicted molar refractivity (Wildman–Crippen MR) is 52.1 cm³/mol. The van der Waals surface area contributed by atoms with E-state index in [9.17, 15) is 4.79 Å². The van der Waals surface area contributed by atoms with E-state index >= 15 is 0 Å². The van der Waals surface area contributed by atoms with Crippen LogP contribution in [0.15, 0.2) is 11.8 Å². The summed E-state index contributed by atoms with van der Waals surface area (Å²) in [5.41, 5.74) is 0.290. The van der Waals surface area contributed by atoms with Crippen molar-refractivity contribution in [2.75, 3.05) is 0 Å². The molecule has 74 valence electrons. The van der Waals surface area contributed by atoms with E-state index in [0.29, 0.717) is 6.42 Å². The van der Waals surface area contributed by atoms with Crippen molar-refractivity contribution in [2.24, 2.45) is 5.41 Å². The largest absolute Gasteiger partial charge is 0.431 e. The van der Waals surface area contributed by atoms with Crippen molar-refractivity contribution in [1.82, 2.24) is 0 Å². The van der Waals surface area contributed by atoms with Crippen LogP contribution in [0, 0.1) is 5.41 Å². The minimum absolute atomic E-state index is 0.121. The Morgan fingerprint density at radius 1 is 1.62 bits per heavy atom. The minimum atomic E-state index is -0.121. The predicted octanol–water partition coefficient (Wildman–Crippen LogP) is 3.03. The second-order valence-electron chi connectivity index (χ2n) is 4.38. The summed E-state index contributed by atoms with van der Waals surface area (Å²) in [5.74, 6) is 0.743. The molecule has 0 bridgehead atoms. The number of carbonyl (C=O) groups excluding carboxylic acids is 1. The van der Waals surface area contributed by atoms with Crippen LogP contribution in [0.2, 0.25) is 0 Å². The monoisotopic (exact) mass is 182 g/mol. The summed E-state index contributed by atoms with van der Waals surface area (Å²) < 4.78 is 5.20. The standard InChI is InChI=1S/C11H18O2/c1-4-10(12)13-9-6-5-7-11(2,3)8-9/h6H,4-5,7-8H2,1-3H3. The number of hydrogen-bond donors (Lipinski definition) is 0. The fourth-order valence-electron chi connectivity index (χ4n) is 1.55. The molecule has 0 aliphatic heterocycles. The summed E-state index contributed by atoms with van der Waals surface area (Å²) in [5, 5.41) is 0. The molecule has 1 rings (SSSR count). The molecule has 0 aromatic rings. The zero-order valence-corrected chi connectivity index (χ0v) is 8.72. The van der Waals surface area contributed by atoms with Gasteiger partial charge in [-0.1, -0.05) is 20.8 Å². The molecule has 0 amide bonds. The lowest BCUT2D eigenvalue weighted by molar-refractivity contribution is -0.139. The first kappa shape index (κ1) is 10.3. The third-order valence-corrected chi connectivity index (χ3v) is 2.38. The Morgan fingerprint density at radius 2 is 2.31 bits per heavy atom. The lowest BCUT2D eigenvalue weighted by Crippen LogP contribution is -2.18. The normalized spacial score (nSPS) is 20.7. The number of hydrogen-bond acceptors (Lipinski definition) is 2. The van der Waals surface area contributed by atoms with Gasteiger partial charge in [-0.05, 0) is 24.3 Å². The molecule has 1 aliphatic carbocycles. The maximum Gasteiger partial charge on any atom is 0.310 e. The van der Waals surface area contributed by atoms with Gasteiger partial charge in [-0.25, -0.2) is 0 Å². The Bertz CT molecular complexity index is 226. The minimum Gasteiger partial charge on any atom is -0.431 e. The molecule has 0 saturated carbocycles. The van der Waals surface area contributed by atoms with Gasteiger partial charge in [0.25, 0.3) is 0 Å².